The zero-order chi connectivity index (χ0) is 17.2. The Balaban J connectivity index is 1.69. The SMILES string of the molecule is O=C(O)c1cccc(-c2cnc3ccc(NCc4ccco4)nn23)c1. The number of benzene rings is 1. The van der Waals surface area contributed by atoms with E-state index >= 15 is 0 Å². The molecule has 3 heterocycles. The first-order valence-electron chi connectivity index (χ1n) is 7.65. The van der Waals surface area contributed by atoms with Gasteiger partial charge in [-0.3, -0.25) is 0 Å². The van der Waals surface area contributed by atoms with Crippen molar-refractivity contribution in [3.63, 3.8) is 0 Å². The van der Waals surface area contributed by atoms with Crippen molar-refractivity contribution in [3.8, 4) is 11.3 Å². The lowest BCUT2D eigenvalue weighted by Gasteiger charge is -2.06. The standard InChI is InChI=1S/C18H14N4O3/c23-18(24)13-4-1-3-12(9-13)15-11-20-17-7-6-16(21-22(15)17)19-10-14-5-2-8-25-14/h1-9,11H,10H2,(H,19,21)(H,23,24). The van der Waals surface area contributed by atoms with E-state index in [1.54, 1.807) is 35.2 Å². The molecule has 3 aromatic heterocycles. The lowest BCUT2D eigenvalue weighted by Crippen LogP contribution is -2.04. The van der Waals surface area contributed by atoms with E-state index < -0.39 is 5.97 Å². The van der Waals surface area contributed by atoms with Gasteiger partial charge in [0.25, 0.3) is 0 Å². The number of imidazole rings is 1. The van der Waals surface area contributed by atoms with Gasteiger partial charge < -0.3 is 14.8 Å². The van der Waals surface area contributed by atoms with Gasteiger partial charge in [-0.2, -0.15) is 0 Å². The Labute approximate surface area is 142 Å². The molecule has 2 N–H and O–H groups in total. The summed E-state index contributed by atoms with van der Waals surface area (Å²) in [5.41, 5.74) is 2.36. The molecule has 7 heteroatoms. The van der Waals surface area contributed by atoms with Crippen LogP contribution in [0.4, 0.5) is 5.82 Å². The fraction of sp³-hybridized carbons (Fsp3) is 0.0556. The molecule has 0 spiro atoms. The number of carboxylic acid groups (broad SMARTS) is 1. The summed E-state index contributed by atoms with van der Waals surface area (Å²) >= 11 is 0. The van der Waals surface area contributed by atoms with Gasteiger partial charge in [0.05, 0.1) is 30.3 Å². The normalized spacial score (nSPS) is 10.9. The van der Waals surface area contributed by atoms with Crippen LogP contribution in [0.25, 0.3) is 16.9 Å². The first-order chi connectivity index (χ1) is 12.2. The second-order valence-electron chi connectivity index (χ2n) is 5.45. The Kier molecular flexibility index (Phi) is 3.66. The van der Waals surface area contributed by atoms with E-state index in [0.717, 1.165) is 17.0 Å². The number of carbonyl (C=O) groups is 1. The van der Waals surface area contributed by atoms with Crippen molar-refractivity contribution < 1.29 is 14.3 Å². The van der Waals surface area contributed by atoms with Crippen LogP contribution >= 0.6 is 0 Å². The Morgan fingerprint density at radius 3 is 2.92 bits per heavy atom. The van der Waals surface area contributed by atoms with Crippen LogP contribution in [0.2, 0.25) is 0 Å². The predicted octanol–water partition coefficient (Wildman–Crippen LogP) is 3.30. The van der Waals surface area contributed by atoms with Crippen LogP contribution in [-0.2, 0) is 6.54 Å². The number of hydrogen-bond acceptors (Lipinski definition) is 5. The van der Waals surface area contributed by atoms with E-state index in [9.17, 15) is 4.79 Å². The van der Waals surface area contributed by atoms with Crippen LogP contribution in [-0.4, -0.2) is 25.7 Å². The Morgan fingerprint density at radius 2 is 2.12 bits per heavy atom. The second-order valence-corrected chi connectivity index (χ2v) is 5.45. The molecular weight excluding hydrogens is 320 g/mol. The van der Waals surface area contributed by atoms with E-state index in [4.69, 9.17) is 9.52 Å². The van der Waals surface area contributed by atoms with Crippen molar-refractivity contribution in [2.75, 3.05) is 5.32 Å². The van der Waals surface area contributed by atoms with Gasteiger partial charge >= 0.3 is 5.97 Å². The minimum Gasteiger partial charge on any atom is -0.478 e. The molecule has 0 amide bonds. The van der Waals surface area contributed by atoms with Crippen molar-refractivity contribution in [1.82, 2.24) is 14.6 Å². The van der Waals surface area contributed by atoms with Gasteiger partial charge in [0.2, 0.25) is 0 Å². The number of anilines is 1. The molecule has 0 fully saturated rings. The third-order valence-corrected chi connectivity index (χ3v) is 3.79. The van der Waals surface area contributed by atoms with Gasteiger partial charge in [-0.1, -0.05) is 12.1 Å². The molecule has 1 aromatic carbocycles. The molecule has 0 atom stereocenters. The lowest BCUT2D eigenvalue weighted by atomic mass is 10.1. The van der Waals surface area contributed by atoms with Crippen LogP contribution in [0.5, 0.6) is 0 Å². The Bertz CT molecular complexity index is 1040. The molecule has 0 saturated carbocycles. The highest BCUT2D eigenvalue weighted by atomic mass is 16.4. The number of fused-ring (bicyclic) bond motifs is 1. The molecular formula is C18H14N4O3. The van der Waals surface area contributed by atoms with Crippen LogP contribution in [0, 0.1) is 0 Å². The van der Waals surface area contributed by atoms with Crippen LogP contribution in [0.15, 0.2) is 65.4 Å². The first-order valence-corrected chi connectivity index (χ1v) is 7.65. The van der Waals surface area contributed by atoms with Gasteiger partial charge in [0.15, 0.2) is 5.65 Å². The molecule has 4 aromatic rings. The van der Waals surface area contributed by atoms with Crippen LogP contribution < -0.4 is 5.32 Å². The Morgan fingerprint density at radius 1 is 1.20 bits per heavy atom. The van der Waals surface area contributed by atoms with Crippen molar-refractivity contribution >= 4 is 17.4 Å². The maximum atomic E-state index is 11.2. The largest absolute Gasteiger partial charge is 0.478 e. The summed E-state index contributed by atoms with van der Waals surface area (Å²) in [5, 5.41) is 16.9. The number of aromatic nitrogens is 3. The van der Waals surface area contributed by atoms with E-state index in [0.29, 0.717) is 18.0 Å². The average Bonchev–Trinajstić information content (AvgIpc) is 3.29. The summed E-state index contributed by atoms with van der Waals surface area (Å²) in [5.74, 6) is 0.504. The van der Waals surface area contributed by atoms with Gasteiger partial charge in [-0.15, -0.1) is 5.10 Å². The van der Waals surface area contributed by atoms with E-state index in [2.05, 4.69) is 15.4 Å². The van der Waals surface area contributed by atoms with E-state index in [1.165, 1.54) is 0 Å². The summed E-state index contributed by atoms with van der Waals surface area (Å²) < 4.78 is 6.98. The molecule has 4 rings (SSSR count). The van der Waals surface area contributed by atoms with Crippen LogP contribution in [0.3, 0.4) is 0 Å². The highest BCUT2D eigenvalue weighted by Gasteiger charge is 2.11. The molecule has 0 aliphatic rings. The summed E-state index contributed by atoms with van der Waals surface area (Å²) in [6.07, 6.45) is 3.30. The van der Waals surface area contributed by atoms with Gasteiger partial charge in [0, 0.05) is 5.56 Å². The number of aromatic carboxylic acids is 1. The van der Waals surface area contributed by atoms with Gasteiger partial charge in [-0.05, 0) is 36.4 Å². The van der Waals surface area contributed by atoms with Crippen molar-refractivity contribution in [3.05, 3.63) is 72.3 Å². The predicted molar refractivity (Wildman–Crippen MR) is 91.4 cm³/mol. The number of hydrogen-bond donors (Lipinski definition) is 2. The zero-order valence-electron chi connectivity index (χ0n) is 13.1. The minimum atomic E-state index is -0.968. The number of rotatable bonds is 5. The fourth-order valence-corrected chi connectivity index (χ4v) is 2.57. The summed E-state index contributed by atoms with van der Waals surface area (Å²) in [6, 6.07) is 14.1. The topological polar surface area (TPSA) is 92.7 Å². The summed E-state index contributed by atoms with van der Waals surface area (Å²) in [6.45, 7) is 0.518. The number of nitrogens with one attached hydrogen (secondary N) is 1. The smallest absolute Gasteiger partial charge is 0.335 e. The van der Waals surface area contributed by atoms with Crippen molar-refractivity contribution in [2.24, 2.45) is 0 Å². The third-order valence-electron chi connectivity index (χ3n) is 3.79. The summed E-state index contributed by atoms with van der Waals surface area (Å²) in [7, 11) is 0. The maximum Gasteiger partial charge on any atom is 0.335 e. The van der Waals surface area contributed by atoms with Crippen molar-refractivity contribution in [1.29, 1.82) is 0 Å². The first kappa shape index (κ1) is 14.9. The highest BCUT2D eigenvalue weighted by Crippen LogP contribution is 2.22. The maximum absolute atomic E-state index is 11.2. The molecule has 124 valence electrons. The minimum absolute atomic E-state index is 0.222. The quantitative estimate of drug-likeness (QED) is 0.582. The molecule has 0 radical (unpaired) electrons. The third kappa shape index (κ3) is 2.94. The van der Waals surface area contributed by atoms with E-state index in [1.807, 2.05) is 30.3 Å². The van der Waals surface area contributed by atoms with Gasteiger partial charge in [-0.25, -0.2) is 14.3 Å². The molecule has 7 nitrogen and oxygen atoms in total. The molecule has 0 unspecified atom stereocenters. The summed E-state index contributed by atoms with van der Waals surface area (Å²) in [4.78, 5) is 15.5. The number of carboxylic acids is 1. The fourth-order valence-electron chi connectivity index (χ4n) is 2.57. The number of nitrogens with zero attached hydrogens (tertiary/aromatic N) is 3. The molecule has 0 aliphatic carbocycles. The zero-order valence-corrected chi connectivity index (χ0v) is 13.1. The highest BCUT2D eigenvalue weighted by molar-refractivity contribution is 5.89. The average molecular weight is 334 g/mol. The molecule has 0 aliphatic heterocycles. The lowest BCUT2D eigenvalue weighted by molar-refractivity contribution is 0.0697. The number of furan rings is 1. The molecule has 0 saturated heterocycles. The van der Waals surface area contributed by atoms with Crippen LogP contribution in [0.1, 0.15) is 16.1 Å². The monoisotopic (exact) mass is 334 g/mol. The Hall–Kier alpha value is -3.61. The second kappa shape index (κ2) is 6.12. The molecule has 0 bridgehead atoms. The van der Waals surface area contributed by atoms with Gasteiger partial charge in [0.1, 0.15) is 11.6 Å². The van der Waals surface area contributed by atoms with E-state index in [-0.39, 0.29) is 5.56 Å². The molecule has 25 heavy (non-hydrogen) atoms. The van der Waals surface area contributed by atoms with Crippen molar-refractivity contribution in [2.45, 2.75) is 6.54 Å².